The number of nitrogens with one attached hydrogen (secondary N) is 2. The monoisotopic (exact) mass is 604 g/mol. The van der Waals surface area contributed by atoms with E-state index in [9.17, 15) is 24.0 Å². The molecule has 242 valence electrons. The highest BCUT2D eigenvalue weighted by molar-refractivity contribution is 5.94. The van der Waals surface area contributed by atoms with E-state index in [2.05, 4.69) is 17.6 Å². The van der Waals surface area contributed by atoms with Crippen LogP contribution in [0.2, 0.25) is 0 Å². The molecule has 11 nitrogen and oxygen atoms in total. The summed E-state index contributed by atoms with van der Waals surface area (Å²) in [6.07, 6.45) is 5.07. The average Bonchev–Trinajstić information content (AvgIpc) is 2.92. The molecule has 4 amide bonds. The van der Waals surface area contributed by atoms with Gasteiger partial charge in [-0.05, 0) is 51.7 Å². The van der Waals surface area contributed by atoms with Gasteiger partial charge in [0.1, 0.15) is 17.7 Å². The maximum Gasteiger partial charge on any atom is 0.408 e. The summed E-state index contributed by atoms with van der Waals surface area (Å²) in [6.45, 7) is 11.3. The summed E-state index contributed by atoms with van der Waals surface area (Å²) in [4.78, 5) is 65.8. The predicted octanol–water partition coefficient (Wildman–Crippen LogP) is 4.32. The van der Waals surface area contributed by atoms with E-state index in [1.165, 1.54) is 4.90 Å². The second-order valence-corrected chi connectivity index (χ2v) is 11.5. The zero-order chi connectivity index (χ0) is 32.4. The third-order valence-corrected chi connectivity index (χ3v) is 6.63. The Kier molecular flexibility index (Phi) is 17.0. The van der Waals surface area contributed by atoms with Gasteiger partial charge in [0.2, 0.25) is 17.7 Å². The first-order chi connectivity index (χ1) is 20.3. The summed E-state index contributed by atoms with van der Waals surface area (Å²) in [5.41, 5.74) is 6.24. The maximum atomic E-state index is 14.1. The van der Waals surface area contributed by atoms with Crippen molar-refractivity contribution in [2.24, 2.45) is 5.73 Å². The molecule has 0 aliphatic rings. The van der Waals surface area contributed by atoms with E-state index in [1.807, 2.05) is 19.1 Å². The van der Waals surface area contributed by atoms with E-state index in [1.54, 1.807) is 39.8 Å². The van der Waals surface area contributed by atoms with Crippen molar-refractivity contribution in [3.63, 3.8) is 0 Å². The highest BCUT2D eigenvalue weighted by Gasteiger charge is 2.36. The van der Waals surface area contributed by atoms with Gasteiger partial charge in [0.25, 0.3) is 0 Å². The second kappa shape index (κ2) is 19.5. The number of esters is 1. The zero-order valence-electron chi connectivity index (χ0n) is 26.8. The van der Waals surface area contributed by atoms with Gasteiger partial charge in [0.05, 0.1) is 19.4 Å². The fraction of sp³-hybridized carbons (Fsp3) is 0.656. The number of alkyl carbamates (subject to hydrolysis) is 1. The van der Waals surface area contributed by atoms with Gasteiger partial charge in [-0.15, -0.1) is 0 Å². The molecule has 43 heavy (non-hydrogen) atoms. The molecule has 1 aromatic carbocycles. The minimum Gasteiger partial charge on any atom is -0.466 e. The molecule has 0 aromatic heterocycles. The first-order valence-electron chi connectivity index (χ1n) is 15.4. The quantitative estimate of drug-likeness (QED) is 0.157. The molecule has 0 saturated carbocycles. The van der Waals surface area contributed by atoms with Crippen LogP contribution in [0, 0.1) is 0 Å². The normalized spacial score (nSPS) is 12.5. The number of aryl methyl sites for hydroxylation is 1. The largest absolute Gasteiger partial charge is 0.466 e. The van der Waals surface area contributed by atoms with E-state index in [0.29, 0.717) is 12.0 Å². The Morgan fingerprint density at radius 3 is 2.12 bits per heavy atom. The highest BCUT2D eigenvalue weighted by Crippen LogP contribution is 2.25. The molecule has 1 rings (SSSR count). The average molecular weight is 605 g/mol. The van der Waals surface area contributed by atoms with Crippen molar-refractivity contribution < 1.29 is 33.4 Å². The molecule has 2 unspecified atom stereocenters. The van der Waals surface area contributed by atoms with Crippen LogP contribution in [0.1, 0.15) is 110 Å². The molecular formula is C32H52N4O7. The van der Waals surface area contributed by atoms with Crippen molar-refractivity contribution in [3.8, 4) is 0 Å². The number of benzene rings is 1. The topological polar surface area (TPSA) is 157 Å². The molecule has 0 aliphatic carbocycles. The van der Waals surface area contributed by atoms with Crippen LogP contribution in [0.25, 0.3) is 0 Å². The third kappa shape index (κ3) is 14.9. The molecule has 0 spiro atoms. The number of nitrogens with zero attached hydrogens (tertiary/aromatic N) is 1. The first-order valence-corrected chi connectivity index (χ1v) is 15.4. The van der Waals surface area contributed by atoms with Crippen molar-refractivity contribution >= 4 is 29.8 Å². The highest BCUT2D eigenvalue weighted by atomic mass is 16.6. The molecule has 0 bridgehead atoms. The van der Waals surface area contributed by atoms with Crippen molar-refractivity contribution in [2.75, 3.05) is 19.7 Å². The summed E-state index contributed by atoms with van der Waals surface area (Å²) in [6, 6.07) is 4.92. The summed E-state index contributed by atoms with van der Waals surface area (Å²) >= 11 is 0. The smallest absolute Gasteiger partial charge is 0.408 e. The Hall–Kier alpha value is -3.63. The Morgan fingerprint density at radius 2 is 1.56 bits per heavy atom. The van der Waals surface area contributed by atoms with Crippen LogP contribution in [0.5, 0.6) is 0 Å². The van der Waals surface area contributed by atoms with Crippen LogP contribution in [0.4, 0.5) is 4.79 Å². The van der Waals surface area contributed by atoms with Gasteiger partial charge in [-0.2, -0.15) is 0 Å². The number of unbranched alkanes of at least 4 members (excludes halogenated alkanes) is 5. The lowest BCUT2D eigenvalue weighted by atomic mass is 9.99. The van der Waals surface area contributed by atoms with E-state index in [0.717, 1.165) is 44.1 Å². The number of primary amides is 1. The molecule has 0 heterocycles. The van der Waals surface area contributed by atoms with Crippen LogP contribution in [0.15, 0.2) is 24.3 Å². The molecule has 2 atom stereocenters. The van der Waals surface area contributed by atoms with Crippen molar-refractivity contribution in [2.45, 2.75) is 117 Å². The van der Waals surface area contributed by atoms with Gasteiger partial charge in [-0.25, -0.2) is 4.79 Å². The Balaban J connectivity index is 3.45. The Labute approximate surface area is 256 Å². The number of nitrogens with two attached hydrogens (primary N) is 1. The number of hydrogen-bond donors (Lipinski definition) is 3. The van der Waals surface area contributed by atoms with Crippen LogP contribution in [0.3, 0.4) is 0 Å². The van der Waals surface area contributed by atoms with Crippen LogP contribution in [-0.4, -0.2) is 66.0 Å². The predicted molar refractivity (Wildman–Crippen MR) is 165 cm³/mol. The Bertz CT molecular complexity index is 1040. The molecule has 0 fully saturated rings. The van der Waals surface area contributed by atoms with Crippen LogP contribution in [-0.2, 0) is 35.1 Å². The first kappa shape index (κ1) is 37.4. The summed E-state index contributed by atoms with van der Waals surface area (Å²) in [5, 5.41) is 5.26. The molecular weight excluding hydrogens is 552 g/mol. The number of carbonyl (C=O) groups excluding carboxylic acids is 5. The lowest BCUT2D eigenvalue weighted by Gasteiger charge is -2.34. The standard InChI is InChI=1S/C32H52N4O7/c1-7-10-11-12-13-14-21-36(30(40)25(22-26(33)37)35-31(41)43-32(4,5)6)28(24-17-15-23(8-2)16-18-24)29(39)34-20-19-27(38)42-9-3/h15-18,25,28H,7-14,19-22H2,1-6H3,(H2,33,37)(H,34,39)(H,35,41). The van der Waals surface area contributed by atoms with E-state index in [4.69, 9.17) is 15.2 Å². The van der Waals surface area contributed by atoms with Gasteiger partial charge in [0.15, 0.2) is 0 Å². The minimum absolute atomic E-state index is 0.0150. The van der Waals surface area contributed by atoms with Crippen LogP contribution < -0.4 is 16.4 Å². The molecule has 11 heteroatoms. The van der Waals surface area contributed by atoms with Crippen molar-refractivity contribution in [3.05, 3.63) is 35.4 Å². The summed E-state index contributed by atoms with van der Waals surface area (Å²) < 4.78 is 10.3. The second-order valence-electron chi connectivity index (χ2n) is 11.5. The molecule has 0 aliphatic heterocycles. The zero-order valence-corrected chi connectivity index (χ0v) is 26.8. The fourth-order valence-corrected chi connectivity index (χ4v) is 4.51. The lowest BCUT2D eigenvalue weighted by molar-refractivity contribution is -0.144. The van der Waals surface area contributed by atoms with E-state index in [-0.39, 0.29) is 26.1 Å². The molecule has 0 saturated heterocycles. The van der Waals surface area contributed by atoms with Gasteiger partial charge < -0.3 is 30.7 Å². The van der Waals surface area contributed by atoms with E-state index >= 15 is 0 Å². The molecule has 1 aromatic rings. The van der Waals surface area contributed by atoms with E-state index < -0.39 is 53.9 Å². The third-order valence-electron chi connectivity index (χ3n) is 6.63. The van der Waals surface area contributed by atoms with Crippen molar-refractivity contribution in [1.82, 2.24) is 15.5 Å². The van der Waals surface area contributed by atoms with Crippen LogP contribution >= 0.6 is 0 Å². The van der Waals surface area contributed by atoms with Crippen molar-refractivity contribution in [1.29, 1.82) is 0 Å². The number of ether oxygens (including phenoxy) is 2. The minimum atomic E-state index is -1.35. The van der Waals surface area contributed by atoms with Gasteiger partial charge in [-0.1, -0.05) is 70.2 Å². The summed E-state index contributed by atoms with van der Waals surface area (Å²) in [7, 11) is 0. The van der Waals surface area contributed by atoms with Gasteiger partial charge >= 0.3 is 12.1 Å². The number of carbonyl (C=O) groups is 5. The maximum absolute atomic E-state index is 14.1. The number of hydrogen-bond acceptors (Lipinski definition) is 7. The number of rotatable bonds is 19. The SMILES string of the molecule is CCCCCCCCN(C(=O)C(CC(N)=O)NC(=O)OC(C)(C)C)C(C(=O)NCCC(=O)OCC)c1ccc(CC)cc1. The molecule has 0 radical (unpaired) electrons. The summed E-state index contributed by atoms with van der Waals surface area (Å²) in [5.74, 6) is -2.38. The number of amides is 4. The molecule has 4 N–H and O–H groups in total. The van der Waals surface area contributed by atoms with Gasteiger partial charge in [0, 0.05) is 13.1 Å². The van der Waals surface area contributed by atoms with Gasteiger partial charge in [-0.3, -0.25) is 19.2 Å². The fourth-order valence-electron chi connectivity index (χ4n) is 4.51. The lowest BCUT2D eigenvalue weighted by Crippen LogP contribution is -2.54. The Morgan fingerprint density at radius 1 is 0.930 bits per heavy atom.